The fraction of sp³-hybridized carbons (Fsp3) is 0.258. The lowest BCUT2D eigenvalue weighted by Gasteiger charge is -2.14. The number of aromatic nitrogens is 2. The van der Waals surface area contributed by atoms with Gasteiger partial charge in [-0.25, -0.2) is 4.98 Å². The van der Waals surface area contributed by atoms with Crippen LogP contribution in [0.4, 0.5) is 0 Å². The van der Waals surface area contributed by atoms with Crippen LogP contribution in [0.5, 0.6) is 0 Å². The van der Waals surface area contributed by atoms with E-state index < -0.39 is 28.6 Å². The Morgan fingerprint density at radius 1 is 1.10 bits per heavy atom. The van der Waals surface area contributed by atoms with Crippen LogP contribution in [0.15, 0.2) is 77.9 Å². The third-order valence-electron chi connectivity index (χ3n) is 7.85. The highest BCUT2D eigenvalue weighted by atomic mass is 16.4. The number of nitrogens with one attached hydrogen (secondary N) is 1. The Labute approximate surface area is 225 Å². The van der Waals surface area contributed by atoms with E-state index in [1.54, 1.807) is 22.9 Å². The number of benzene rings is 2. The number of rotatable bonds is 7. The topological polar surface area (TPSA) is 125 Å². The number of aliphatic carboxylic acids is 1. The summed E-state index contributed by atoms with van der Waals surface area (Å²) < 4.78 is 1.75. The summed E-state index contributed by atoms with van der Waals surface area (Å²) >= 11 is 0. The molecule has 196 valence electrons. The molecule has 0 bridgehead atoms. The van der Waals surface area contributed by atoms with Gasteiger partial charge < -0.3 is 15.0 Å². The van der Waals surface area contributed by atoms with Gasteiger partial charge in [0.2, 0.25) is 5.43 Å². The number of carbonyl (C=O) groups is 2. The number of carbonyl (C=O) groups excluding carboxylic acids is 1. The van der Waals surface area contributed by atoms with Crippen molar-refractivity contribution >= 4 is 22.9 Å². The molecule has 2 N–H and O–H groups in total. The third-order valence-corrected chi connectivity index (χ3v) is 7.85. The second-order valence-electron chi connectivity index (χ2n) is 10.4. The molecular weight excluding hydrogens is 492 g/mol. The van der Waals surface area contributed by atoms with Crippen molar-refractivity contribution in [3.63, 3.8) is 0 Å². The molecule has 2 unspecified atom stereocenters. The van der Waals surface area contributed by atoms with Gasteiger partial charge in [-0.2, -0.15) is 5.26 Å². The number of amides is 1. The summed E-state index contributed by atoms with van der Waals surface area (Å²) in [5.74, 6) is -1.92. The van der Waals surface area contributed by atoms with Gasteiger partial charge in [0.05, 0.1) is 11.5 Å². The van der Waals surface area contributed by atoms with Crippen molar-refractivity contribution in [3.8, 4) is 22.9 Å². The highest BCUT2D eigenvalue weighted by Gasteiger charge is 2.77. The molecule has 2 heterocycles. The molecule has 1 aliphatic rings. The van der Waals surface area contributed by atoms with E-state index in [2.05, 4.69) is 10.3 Å². The van der Waals surface area contributed by atoms with Crippen LogP contribution in [0.2, 0.25) is 0 Å². The van der Waals surface area contributed by atoms with Gasteiger partial charge >= 0.3 is 5.97 Å². The van der Waals surface area contributed by atoms with Gasteiger partial charge in [0.25, 0.3) is 5.91 Å². The molecule has 39 heavy (non-hydrogen) atoms. The van der Waals surface area contributed by atoms with Gasteiger partial charge in [0.15, 0.2) is 5.41 Å². The average molecular weight is 521 g/mol. The summed E-state index contributed by atoms with van der Waals surface area (Å²) in [4.78, 5) is 42.2. The van der Waals surface area contributed by atoms with Crippen molar-refractivity contribution in [2.24, 2.45) is 10.8 Å². The number of carboxylic acid groups (broad SMARTS) is 1. The van der Waals surface area contributed by atoms with E-state index in [9.17, 15) is 24.8 Å². The first kappa shape index (κ1) is 25.9. The van der Waals surface area contributed by atoms with Crippen LogP contribution in [-0.4, -0.2) is 33.1 Å². The Hall–Kier alpha value is -4.77. The largest absolute Gasteiger partial charge is 0.480 e. The molecule has 2 aromatic heterocycles. The minimum Gasteiger partial charge on any atom is -0.480 e. The van der Waals surface area contributed by atoms with Crippen LogP contribution in [0, 0.1) is 22.2 Å². The van der Waals surface area contributed by atoms with Crippen molar-refractivity contribution in [1.29, 1.82) is 5.26 Å². The molecule has 1 amide bonds. The van der Waals surface area contributed by atoms with E-state index in [1.165, 1.54) is 6.20 Å². The average Bonchev–Trinajstić information content (AvgIpc) is 3.48. The zero-order valence-electron chi connectivity index (χ0n) is 21.9. The van der Waals surface area contributed by atoms with Crippen molar-refractivity contribution < 1.29 is 14.7 Å². The zero-order chi connectivity index (χ0) is 27.9. The highest BCUT2D eigenvalue weighted by molar-refractivity contribution is 5.97. The summed E-state index contributed by atoms with van der Waals surface area (Å²) in [6, 6.07) is 20.6. The van der Waals surface area contributed by atoms with Crippen LogP contribution >= 0.6 is 0 Å². The van der Waals surface area contributed by atoms with Crippen LogP contribution < -0.4 is 10.7 Å². The van der Waals surface area contributed by atoms with Crippen molar-refractivity contribution in [2.75, 3.05) is 6.54 Å². The quantitative estimate of drug-likeness (QED) is 0.357. The Kier molecular flexibility index (Phi) is 6.31. The maximum Gasteiger partial charge on any atom is 0.325 e. The molecule has 1 fully saturated rings. The monoisotopic (exact) mass is 520 g/mol. The Bertz CT molecular complexity index is 1720. The standard InChI is InChI=1S/C31H28N4O4/c1-4-14-34-28(37)24-17-35(27-23(25(24)36)9-6-15-33-27)22-8-5-7-21(16-22)19-10-12-20(13-11-19)26-30(2,3)31(26,18-32)29(38)39/h5-13,15-17,26H,4,14H2,1-3H3,(H,34,37)(H,38,39). The predicted octanol–water partition coefficient (Wildman–Crippen LogP) is 4.91. The fourth-order valence-electron chi connectivity index (χ4n) is 5.64. The minimum atomic E-state index is -1.44. The lowest BCUT2D eigenvalue weighted by atomic mass is 9.97. The number of pyridine rings is 2. The van der Waals surface area contributed by atoms with E-state index in [4.69, 9.17) is 0 Å². The molecule has 8 nitrogen and oxygen atoms in total. The first-order valence-electron chi connectivity index (χ1n) is 12.8. The van der Waals surface area contributed by atoms with Crippen molar-refractivity contribution in [3.05, 3.63) is 94.4 Å². The van der Waals surface area contributed by atoms with E-state index in [0.29, 0.717) is 17.6 Å². The Morgan fingerprint density at radius 3 is 2.49 bits per heavy atom. The van der Waals surface area contributed by atoms with E-state index in [1.807, 2.05) is 75.4 Å². The van der Waals surface area contributed by atoms with Gasteiger partial charge in [0, 0.05) is 36.0 Å². The van der Waals surface area contributed by atoms with Gasteiger partial charge in [-0.3, -0.25) is 14.4 Å². The molecule has 0 aliphatic heterocycles. The molecule has 0 radical (unpaired) electrons. The maximum atomic E-state index is 13.1. The van der Waals surface area contributed by atoms with E-state index in [0.717, 1.165) is 28.8 Å². The molecule has 2 aromatic carbocycles. The van der Waals surface area contributed by atoms with E-state index >= 15 is 0 Å². The van der Waals surface area contributed by atoms with Gasteiger partial charge in [-0.1, -0.05) is 57.2 Å². The summed E-state index contributed by atoms with van der Waals surface area (Å²) in [6.07, 6.45) is 3.89. The van der Waals surface area contributed by atoms with E-state index in [-0.39, 0.29) is 11.0 Å². The van der Waals surface area contributed by atoms with Crippen molar-refractivity contribution in [1.82, 2.24) is 14.9 Å². The van der Waals surface area contributed by atoms with Crippen molar-refractivity contribution in [2.45, 2.75) is 33.1 Å². The van der Waals surface area contributed by atoms with Gasteiger partial charge in [0.1, 0.15) is 11.2 Å². The fourth-order valence-corrected chi connectivity index (χ4v) is 5.64. The lowest BCUT2D eigenvalue weighted by molar-refractivity contribution is -0.142. The lowest BCUT2D eigenvalue weighted by Crippen LogP contribution is -2.30. The number of nitriles is 1. The minimum absolute atomic E-state index is 0.0464. The number of carboxylic acids is 1. The SMILES string of the molecule is CCCNC(=O)c1cn(-c2cccc(-c3ccc(C4C(C)(C)C4(C#N)C(=O)O)cc3)c2)c2ncccc2c1=O. The molecule has 5 rings (SSSR count). The smallest absolute Gasteiger partial charge is 0.325 e. The molecule has 8 heteroatoms. The molecule has 4 aromatic rings. The van der Waals surface area contributed by atoms with Gasteiger partial charge in [-0.05, 0) is 47.4 Å². The summed E-state index contributed by atoms with van der Waals surface area (Å²) in [7, 11) is 0. The number of hydrogen-bond donors (Lipinski definition) is 2. The Balaban J connectivity index is 1.54. The molecule has 0 saturated heterocycles. The summed E-state index contributed by atoms with van der Waals surface area (Å²) in [5.41, 5.74) is 1.33. The number of hydrogen-bond acceptors (Lipinski definition) is 5. The first-order valence-corrected chi connectivity index (χ1v) is 12.8. The second-order valence-corrected chi connectivity index (χ2v) is 10.4. The number of fused-ring (bicyclic) bond motifs is 1. The van der Waals surface area contributed by atoms with Crippen LogP contribution in [-0.2, 0) is 4.79 Å². The molecule has 0 spiro atoms. The summed E-state index contributed by atoms with van der Waals surface area (Å²) in [5, 5.41) is 22.6. The van der Waals surface area contributed by atoms with Crippen LogP contribution in [0.1, 0.15) is 49.0 Å². The highest BCUT2D eigenvalue weighted by Crippen LogP contribution is 2.73. The predicted molar refractivity (Wildman–Crippen MR) is 148 cm³/mol. The second kappa shape index (κ2) is 9.52. The summed E-state index contributed by atoms with van der Waals surface area (Å²) in [6.45, 7) is 6.03. The number of nitrogens with zero attached hydrogens (tertiary/aromatic N) is 3. The molecular formula is C31H28N4O4. The normalized spacial score (nSPS) is 19.3. The van der Waals surface area contributed by atoms with Crippen LogP contribution in [0.25, 0.3) is 27.8 Å². The molecule has 2 atom stereocenters. The van der Waals surface area contributed by atoms with Gasteiger partial charge in [-0.15, -0.1) is 0 Å². The first-order chi connectivity index (χ1) is 18.7. The Morgan fingerprint density at radius 2 is 1.85 bits per heavy atom. The zero-order valence-corrected chi connectivity index (χ0v) is 21.9. The third kappa shape index (κ3) is 3.98. The molecule has 1 saturated carbocycles. The van der Waals surface area contributed by atoms with Crippen LogP contribution in [0.3, 0.4) is 0 Å². The maximum absolute atomic E-state index is 13.1. The molecule has 1 aliphatic carbocycles.